The summed E-state index contributed by atoms with van der Waals surface area (Å²) in [5.74, 6) is -0.947. The van der Waals surface area contributed by atoms with Gasteiger partial charge in [0.05, 0.1) is 0 Å². The van der Waals surface area contributed by atoms with Crippen molar-refractivity contribution in [2.45, 2.75) is 12.5 Å². The molecule has 0 bridgehead atoms. The van der Waals surface area contributed by atoms with Gasteiger partial charge in [0.2, 0.25) is 0 Å². The molecule has 0 aromatic rings. The van der Waals surface area contributed by atoms with Crippen molar-refractivity contribution in [3.8, 4) is 0 Å². The van der Waals surface area contributed by atoms with Crippen LogP contribution in [-0.4, -0.2) is 17.1 Å². The maximum Gasteiger partial charge on any atom is 0.362 e. The molecule has 0 spiro atoms. The van der Waals surface area contributed by atoms with Crippen molar-refractivity contribution in [3.05, 3.63) is 11.6 Å². The van der Waals surface area contributed by atoms with Gasteiger partial charge in [-0.15, -0.1) is 0 Å². The van der Waals surface area contributed by atoms with Crippen molar-refractivity contribution < 1.29 is 15.6 Å². The number of hydrogen-bond acceptors (Lipinski definition) is 1. The molecule has 0 heterocycles. The number of carboxylic acid groups (broad SMARTS) is 1. The molecule has 0 radical (unpaired) electrons. The van der Waals surface area contributed by atoms with Crippen molar-refractivity contribution in [1.82, 2.24) is 0 Å². The van der Waals surface area contributed by atoms with E-state index in [1.165, 1.54) is 0 Å². The fourth-order valence-electron chi connectivity index (χ4n) is 0.355. The minimum Gasteiger partial charge on any atom is -0.477 e. The fourth-order valence-corrected chi connectivity index (χ4v) is 0.541. The van der Waals surface area contributed by atoms with E-state index in [2.05, 4.69) is 12.3 Å². The Morgan fingerprint density at radius 2 is 2.33 bits per heavy atom. The molecule has 1 unspecified atom stereocenters. The maximum atomic E-state index is 10.1. The van der Waals surface area contributed by atoms with Crippen LogP contribution in [0.3, 0.4) is 0 Å². The van der Waals surface area contributed by atoms with E-state index in [0.29, 0.717) is 5.03 Å². The smallest absolute Gasteiger partial charge is 0.362 e. The van der Waals surface area contributed by atoms with Gasteiger partial charge in [0.1, 0.15) is 0 Å². The van der Waals surface area contributed by atoms with Crippen LogP contribution in [0.2, 0.25) is 0 Å². The lowest BCUT2D eigenvalue weighted by Crippen LogP contribution is -2.64. The van der Waals surface area contributed by atoms with Crippen LogP contribution >= 0.6 is 11.6 Å². The lowest BCUT2D eigenvalue weighted by atomic mass is 10.2. The van der Waals surface area contributed by atoms with Crippen LogP contribution in [0.5, 0.6) is 0 Å². The van der Waals surface area contributed by atoms with Crippen LogP contribution in [0.25, 0.3) is 0 Å². The van der Waals surface area contributed by atoms with Gasteiger partial charge in [0.15, 0.2) is 6.04 Å². The number of quaternary nitrogens is 1. The number of rotatable bonds is 3. The normalized spacial score (nSPS) is 12.7. The van der Waals surface area contributed by atoms with E-state index in [0.717, 1.165) is 0 Å². The first-order valence-electron chi connectivity index (χ1n) is 2.43. The summed E-state index contributed by atoms with van der Waals surface area (Å²) in [6.07, 6.45) is 0.233. The average Bonchev–Trinajstić information content (AvgIpc) is 1.63. The minimum absolute atomic E-state index is 0.233. The summed E-state index contributed by atoms with van der Waals surface area (Å²) >= 11 is 5.32. The number of aliphatic carboxylic acids is 1. The highest BCUT2D eigenvalue weighted by Gasteiger charge is 2.15. The molecule has 0 saturated carbocycles. The highest BCUT2D eigenvalue weighted by molar-refractivity contribution is 6.29. The van der Waals surface area contributed by atoms with Crippen molar-refractivity contribution >= 4 is 17.6 Å². The van der Waals surface area contributed by atoms with E-state index in [-0.39, 0.29) is 6.42 Å². The molecular formula is C5H9ClNO2+. The van der Waals surface area contributed by atoms with E-state index in [1.54, 1.807) is 0 Å². The third-order valence-electron chi connectivity index (χ3n) is 0.817. The number of carboxylic acids is 1. The van der Waals surface area contributed by atoms with Gasteiger partial charge in [-0.25, -0.2) is 4.79 Å². The van der Waals surface area contributed by atoms with E-state index in [4.69, 9.17) is 16.7 Å². The second-order valence-corrected chi connectivity index (χ2v) is 2.29. The van der Waals surface area contributed by atoms with Gasteiger partial charge < -0.3 is 10.8 Å². The molecule has 3 nitrogen and oxygen atoms in total. The molecule has 52 valence electrons. The molecule has 1 atom stereocenters. The Bertz CT molecular complexity index is 135. The highest BCUT2D eigenvalue weighted by Crippen LogP contribution is 2.03. The second kappa shape index (κ2) is 3.48. The minimum atomic E-state index is -0.947. The van der Waals surface area contributed by atoms with Crippen LogP contribution < -0.4 is 5.73 Å². The molecule has 0 aromatic carbocycles. The van der Waals surface area contributed by atoms with Crippen LogP contribution in [0.1, 0.15) is 6.42 Å². The number of hydrogen-bond donors (Lipinski definition) is 2. The lowest BCUT2D eigenvalue weighted by molar-refractivity contribution is -0.406. The quantitative estimate of drug-likeness (QED) is 0.587. The topological polar surface area (TPSA) is 64.9 Å². The largest absolute Gasteiger partial charge is 0.477 e. The van der Waals surface area contributed by atoms with E-state index >= 15 is 0 Å². The Balaban J connectivity index is 3.63. The Kier molecular flexibility index (Phi) is 3.27. The van der Waals surface area contributed by atoms with Gasteiger partial charge in [-0.2, -0.15) is 0 Å². The molecule has 4 heteroatoms. The fraction of sp³-hybridized carbons (Fsp3) is 0.400. The van der Waals surface area contributed by atoms with Crippen molar-refractivity contribution in [3.63, 3.8) is 0 Å². The molecule has 0 fully saturated rings. The molecule has 0 aromatic heterocycles. The molecule has 9 heavy (non-hydrogen) atoms. The van der Waals surface area contributed by atoms with Crippen LogP contribution in [0, 0.1) is 0 Å². The summed E-state index contributed by atoms with van der Waals surface area (Å²) in [7, 11) is 0. The Labute approximate surface area is 58.1 Å². The van der Waals surface area contributed by atoms with Crippen LogP contribution in [0.4, 0.5) is 0 Å². The third kappa shape index (κ3) is 4.00. The summed E-state index contributed by atoms with van der Waals surface area (Å²) in [4.78, 5) is 10.1. The van der Waals surface area contributed by atoms with Gasteiger partial charge in [-0.1, -0.05) is 18.2 Å². The van der Waals surface area contributed by atoms with Crippen LogP contribution in [0.15, 0.2) is 11.6 Å². The van der Waals surface area contributed by atoms with Crippen molar-refractivity contribution in [2.24, 2.45) is 0 Å². The monoisotopic (exact) mass is 150 g/mol. The molecule has 0 rings (SSSR count). The molecule has 0 saturated heterocycles. The van der Waals surface area contributed by atoms with Gasteiger partial charge in [0.25, 0.3) is 0 Å². The summed E-state index contributed by atoms with van der Waals surface area (Å²) in [5.41, 5.74) is 3.33. The second-order valence-electron chi connectivity index (χ2n) is 1.76. The third-order valence-corrected chi connectivity index (χ3v) is 0.971. The highest BCUT2D eigenvalue weighted by atomic mass is 35.5. The molecule has 0 aliphatic carbocycles. The predicted molar refractivity (Wildman–Crippen MR) is 33.9 cm³/mol. The first-order valence-corrected chi connectivity index (χ1v) is 2.81. The first kappa shape index (κ1) is 8.46. The van der Waals surface area contributed by atoms with Crippen molar-refractivity contribution in [2.75, 3.05) is 0 Å². The van der Waals surface area contributed by atoms with Gasteiger partial charge in [0, 0.05) is 11.5 Å². The summed E-state index contributed by atoms with van der Waals surface area (Å²) in [5, 5.41) is 8.60. The van der Waals surface area contributed by atoms with Gasteiger partial charge in [-0.3, -0.25) is 0 Å². The molecular weight excluding hydrogens is 142 g/mol. The first-order chi connectivity index (χ1) is 4.04. The Morgan fingerprint density at radius 1 is 1.89 bits per heavy atom. The SMILES string of the molecule is C=C(Cl)CC([NH3+])C(=O)O. The zero-order valence-electron chi connectivity index (χ0n) is 4.93. The summed E-state index contributed by atoms with van der Waals surface area (Å²) in [6, 6.07) is -0.671. The standard InChI is InChI=1S/C5H8ClNO2/c1-3(6)2-4(7)5(8)9/h4H,1-2,7H2,(H,8,9)/p+1. The van der Waals surface area contributed by atoms with E-state index in [1.807, 2.05) is 0 Å². The zero-order chi connectivity index (χ0) is 7.44. The lowest BCUT2D eigenvalue weighted by Gasteiger charge is -1.98. The number of carbonyl (C=O) groups is 1. The molecule has 0 aliphatic rings. The van der Waals surface area contributed by atoms with Gasteiger partial charge in [-0.05, 0) is 0 Å². The zero-order valence-corrected chi connectivity index (χ0v) is 5.69. The maximum absolute atomic E-state index is 10.1. The Hall–Kier alpha value is -0.540. The van der Waals surface area contributed by atoms with Crippen molar-refractivity contribution in [1.29, 1.82) is 0 Å². The number of halogens is 1. The van der Waals surface area contributed by atoms with Gasteiger partial charge >= 0.3 is 5.97 Å². The molecule has 4 N–H and O–H groups in total. The molecule has 0 amide bonds. The van der Waals surface area contributed by atoms with Crippen LogP contribution in [-0.2, 0) is 4.79 Å². The van der Waals surface area contributed by atoms with E-state index < -0.39 is 12.0 Å². The average molecular weight is 151 g/mol. The Morgan fingerprint density at radius 3 is 2.44 bits per heavy atom. The molecule has 0 aliphatic heterocycles. The summed E-state index contributed by atoms with van der Waals surface area (Å²) in [6.45, 7) is 3.34. The predicted octanol–water partition coefficient (Wildman–Crippen LogP) is -0.176. The summed E-state index contributed by atoms with van der Waals surface area (Å²) < 4.78 is 0. The van der Waals surface area contributed by atoms with E-state index in [9.17, 15) is 4.79 Å².